The van der Waals surface area contributed by atoms with E-state index in [-0.39, 0.29) is 17.8 Å². The normalized spacial score (nSPS) is 11.2. The van der Waals surface area contributed by atoms with E-state index in [1.54, 1.807) is 20.8 Å². The second-order valence-corrected chi connectivity index (χ2v) is 4.66. The van der Waals surface area contributed by atoms with Gasteiger partial charge >= 0.3 is 0 Å². The number of halogens is 1. The van der Waals surface area contributed by atoms with Crippen LogP contribution < -0.4 is 0 Å². The van der Waals surface area contributed by atoms with Crippen molar-refractivity contribution in [3.63, 3.8) is 0 Å². The fraction of sp³-hybridized carbons (Fsp3) is 0.417. The van der Waals surface area contributed by atoms with Crippen molar-refractivity contribution in [3.05, 3.63) is 29.8 Å². The zero-order chi connectivity index (χ0) is 12.3. The molecule has 1 rings (SSSR count). The van der Waals surface area contributed by atoms with Crippen LogP contribution in [0, 0.1) is 11.2 Å². The van der Waals surface area contributed by atoms with Gasteiger partial charge in [-0.2, -0.15) is 0 Å². The molecule has 0 bridgehead atoms. The molecule has 16 heavy (non-hydrogen) atoms. The van der Waals surface area contributed by atoms with E-state index in [0.29, 0.717) is 0 Å². The van der Waals surface area contributed by atoms with Gasteiger partial charge in [-0.3, -0.25) is 14.6 Å². The molecule has 0 aromatic carbocycles. The highest BCUT2D eigenvalue weighted by Gasteiger charge is 2.24. The standard InChI is InChI=1S/C12H14FNO2/c1-12(2,3)11(16)5-10(15)8-4-9(13)7-14-6-8/h4,6-7H,5H2,1-3H3. The molecule has 0 aliphatic heterocycles. The highest BCUT2D eigenvalue weighted by Crippen LogP contribution is 2.18. The van der Waals surface area contributed by atoms with E-state index in [1.807, 2.05) is 0 Å². The highest BCUT2D eigenvalue weighted by molar-refractivity contribution is 6.09. The Morgan fingerprint density at radius 1 is 1.31 bits per heavy atom. The zero-order valence-corrected chi connectivity index (χ0v) is 9.58. The van der Waals surface area contributed by atoms with Gasteiger partial charge in [-0.25, -0.2) is 4.39 Å². The summed E-state index contributed by atoms with van der Waals surface area (Å²) in [7, 11) is 0. The second kappa shape index (κ2) is 4.51. The van der Waals surface area contributed by atoms with Gasteiger partial charge in [0.15, 0.2) is 5.78 Å². The summed E-state index contributed by atoms with van der Waals surface area (Å²) < 4.78 is 12.8. The number of nitrogens with zero attached hydrogens (tertiary/aromatic N) is 1. The third kappa shape index (κ3) is 3.22. The molecule has 0 unspecified atom stereocenters. The summed E-state index contributed by atoms with van der Waals surface area (Å²) in [6.45, 7) is 5.23. The number of hydrogen-bond donors (Lipinski definition) is 0. The lowest BCUT2D eigenvalue weighted by Gasteiger charge is -2.15. The molecule has 1 aromatic rings. The Balaban J connectivity index is 2.78. The number of hydrogen-bond acceptors (Lipinski definition) is 3. The van der Waals surface area contributed by atoms with Crippen LogP contribution in [0.4, 0.5) is 4.39 Å². The van der Waals surface area contributed by atoms with Crippen LogP contribution in [0.25, 0.3) is 0 Å². The number of carbonyl (C=O) groups excluding carboxylic acids is 2. The van der Waals surface area contributed by atoms with Crippen LogP contribution in [-0.2, 0) is 4.79 Å². The Bertz CT molecular complexity index is 421. The molecule has 0 aliphatic rings. The number of Topliss-reactive ketones (excluding diaryl/α,β-unsaturated/α-hetero) is 2. The van der Waals surface area contributed by atoms with Crippen molar-refractivity contribution in [2.75, 3.05) is 0 Å². The third-order valence-electron chi connectivity index (χ3n) is 2.18. The topological polar surface area (TPSA) is 47.0 Å². The van der Waals surface area contributed by atoms with Gasteiger partial charge in [0.05, 0.1) is 12.6 Å². The monoisotopic (exact) mass is 223 g/mol. The van der Waals surface area contributed by atoms with Crippen LogP contribution in [-0.4, -0.2) is 16.6 Å². The van der Waals surface area contributed by atoms with Crippen LogP contribution >= 0.6 is 0 Å². The first kappa shape index (κ1) is 12.5. The maximum atomic E-state index is 12.8. The summed E-state index contributed by atoms with van der Waals surface area (Å²) in [6, 6.07) is 1.09. The van der Waals surface area contributed by atoms with Crippen LogP contribution in [0.2, 0.25) is 0 Å². The van der Waals surface area contributed by atoms with E-state index >= 15 is 0 Å². The van der Waals surface area contributed by atoms with Gasteiger partial charge in [-0.05, 0) is 6.07 Å². The second-order valence-electron chi connectivity index (χ2n) is 4.66. The summed E-state index contributed by atoms with van der Waals surface area (Å²) >= 11 is 0. The van der Waals surface area contributed by atoms with Crippen LogP contribution in [0.1, 0.15) is 37.6 Å². The molecule has 0 radical (unpaired) electrons. The molecule has 0 spiro atoms. The molecule has 1 aromatic heterocycles. The molecule has 0 aliphatic carbocycles. The number of ketones is 2. The van der Waals surface area contributed by atoms with Gasteiger partial charge in [0.1, 0.15) is 11.6 Å². The lowest BCUT2D eigenvalue weighted by Crippen LogP contribution is -2.23. The number of aromatic nitrogens is 1. The SMILES string of the molecule is CC(C)(C)C(=O)CC(=O)c1cncc(F)c1. The van der Waals surface area contributed by atoms with E-state index in [9.17, 15) is 14.0 Å². The van der Waals surface area contributed by atoms with Crippen LogP contribution in [0.5, 0.6) is 0 Å². The summed E-state index contributed by atoms with van der Waals surface area (Å²) in [6.07, 6.45) is 2.07. The molecule has 0 fully saturated rings. The van der Waals surface area contributed by atoms with Crippen molar-refractivity contribution < 1.29 is 14.0 Å². The Kier molecular flexibility index (Phi) is 3.52. The predicted octanol–water partition coefficient (Wildman–Crippen LogP) is 2.41. The van der Waals surface area contributed by atoms with E-state index < -0.39 is 17.0 Å². The minimum Gasteiger partial charge on any atom is -0.299 e. The predicted molar refractivity (Wildman–Crippen MR) is 57.6 cm³/mol. The van der Waals surface area contributed by atoms with E-state index in [4.69, 9.17) is 0 Å². The molecule has 0 atom stereocenters. The van der Waals surface area contributed by atoms with Crippen molar-refractivity contribution in [3.8, 4) is 0 Å². The number of rotatable bonds is 3. The van der Waals surface area contributed by atoms with Crippen LogP contribution in [0.3, 0.4) is 0 Å². The van der Waals surface area contributed by atoms with Crippen molar-refractivity contribution in [2.24, 2.45) is 5.41 Å². The van der Waals surface area contributed by atoms with E-state index in [1.165, 1.54) is 6.20 Å². The first-order chi connectivity index (χ1) is 7.30. The number of pyridine rings is 1. The minimum atomic E-state index is -0.575. The molecular weight excluding hydrogens is 209 g/mol. The Morgan fingerprint density at radius 2 is 1.94 bits per heavy atom. The Morgan fingerprint density at radius 3 is 2.44 bits per heavy atom. The number of carbonyl (C=O) groups is 2. The summed E-state index contributed by atoms with van der Waals surface area (Å²) in [4.78, 5) is 26.8. The largest absolute Gasteiger partial charge is 0.299 e. The van der Waals surface area contributed by atoms with Gasteiger partial charge in [-0.15, -0.1) is 0 Å². The molecule has 0 amide bonds. The molecule has 86 valence electrons. The lowest BCUT2D eigenvalue weighted by molar-refractivity contribution is -0.125. The molecule has 0 saturated carbocycles. The van der Waals surface area contributed by atoms with E-state index in [0.717, 1.165) is 12.3 Å². The highest BCUT2D eigenvalue weighted by atomic mass is 19.1. The Labute approximate surface area is 93.7 Å². The maximum absolute atomic E-state index is 12.8. The molecule has 0 N–H and O–H groups in total. The first-order valence-corrected chi connectivity index (χ1v) is 4.98. The van der Waals surface area contributed by atoms with Crippen LogP contribution in [0.15, 0.2) is 18.5 Å². The molecule has 4 heteroatoms. The molecule has 1 heterocycles. The van der Waals surface area contributed by atoms with Gasteiger partial charge in [0.2, 0.25) is 0 Å². The van der Waals surface area contributed by atoms with Crippen molar-refractivity contribution >= 4 is 11.6 Å². The summed E-state index contributed by atoms with van der Waals surface area (Å²) in [5, 5.41) is 0. The van der Waals surface area contributed by atoms with Crippen molar-refractivity contribution in [1.29, 1.82) is 0 Å². The lowest BCUT2D eigenvalue weighted by atomic mass is 9.87. The third-order valence-corrected chi connectivity index (χ3v) is 2.18. The van der Waals surface area contributed by atoms with E-state index in [2.05, 4.69) is 4.98 Å². The molecule has 3 nitrogen and oxygen atoms in total. The maximum Gasteiger partial charge on any atom is 0.171 e. The smallest absolute Gasteiger partial charge is 0.171 e. The Hall–Kier alpha value is -1.58. The molecular formula is C12H14FNO2. The minimum absolute atomic E-state index is 0.137. The first-order valence-electron chi connectivity index (χ1n) is 4.98. The zero-order valence-electron chi connectivity index (χ0n) is 9.58. The summed E-state index contributed by atoms with van der Waals surface area (Å²) in [5.41, 5.74) is -0.422. The van der Waals surface area contributed by atoms with Gasteiger partial charge in [-0.1, -0.05) is 20.8 Å². The van der Waals surface area contributed by atoms with Gasteiger partial charge in [0.25, 0.3) is 0 Å². The van der Waals surface area contributed by atoms with Gasteiger partial charge in [0, 0.05) is 17.2 Å². The average molecular weight is 223 g/mol. The molecule has 0 saturated heterocycles. The van der Waals surface area contributed by atoms with Crippen molar-refractivity contribution in [1.82, 2.24) is 4.98 Å². The quantitative estimate of drug-likeness (QED) is 0.584. The van der Waals surface area contributed by atoms with Crippen molar-refractivity contribution in [2.45, 2.75) is 27.2 Å². The van der Waals surface area contributed by atoms with Gasteiger partial charge < -0.3 is 0 Å². The summed E-state index contributed by atoms with van der Waals surface area (Å²) in [5.74, 6) is -1.14. The average Bonchev–Trinajstić information content (AvgIpc) is 2.16. The fourth-order valence-electron chi connectivity index (χ4n) is 1.08. The fourth-order valence-corrected chi connectivity index (χ4v) is 1.08.